The van der Waals surface area contributed by atoms with E-state index in [1.807, 2.05) is 60.5 Å². The summed E-state index contributed by atoms with van der Waals surface area (Å²) >= 11 is 0. The maximum atomic E-state index is 13.2. The van der Waals surface area contributed by atoms with Gasteiger partial charge in [0.2, 0.25) is 0 Å². The Morgan fingerprint density at radius 1 is 1.06 bits per heavy atom. The Bertz CT molecular complexity index is 1250. The van der Waals surface area contributed by atoms with Gasteiger partial charge in [-0.3, -0.25) is 14.4 Å². The first-order valence-corrected chi connectivity index (χ1v) is 11.7. The van der Waals surface area contributed by atoms with E-state index in [1.165, 1.54) is 0 Å². The molecule has 1 aliphatic heterocycles. The Morgan fingerprint density at radius 3 is 2.64 bits per heavy atom. The number of benzene rings is 2. The zero-order valence-electron chi connectivity index (χ0n) is 19.5. The molecule has 33 heavy (non-hydrogen) atoms. The van der Waals surface area contributed by atoms with Crippen LogP contribution in [0.5, 0.6) is 0 Å². The van der Waals surface area contributed by atoms with Crippen molar-refractivity contribution in [1.82, 2.24) is 19.6 Å². The minimum absolute atomic E-state index is 0.0138. The highest BCUT2D eigenvalue weighted by molar-refractivity contribution is 5.94. The Morgan fingerprint density at radius 2 is 1.85 bits per heavy atom. The molecule has 2 aromatic heterocycles. The molecule has 2 aromatic carbocycles. The molecule has 1 aliphatic rings. The highest BCUT2D eigenvalue weighted by atomic mass is 16.3. The second kappa shape index (κ2) is 8.87. The lowest BCUT2D eigenvalue weighted by Gasteiger charge is -2.25. The normalized spacial score (nSPS) is 16.2. The van der Waals surface area contributed by atoms with Crippen molar-refractivity contribution in [2.24, 2.45) is 7.05 Å². The highest BCUT2D eigenvalue weighted by Gasteiger charge is 2.31. The van der Waals surface area contributed by atoms with Crippen molar-refractivity contribution in [3.05, 3.63) is 66.4 Å². The van der Waals surface area contributed by atoms with E-state index in [2.05, 4.69) is 36.0 Å². The van der Waals surface area contributed by atoms with Crippen molar-refractivity contribution in [3.8, 4) is 22.6 Å². The van der Waals surface area contributed by atoms with E-state index in [0.717, 1.165) is 66.2 Å². The summed E-state index contributed by atoms with van der Waals surface area (Å²) in [5, 5.41) is 5.65. The van der Waals surface area contributed by atoms with Crippen molar-refractivity contribution in [1.29, 1.82) is 0 Å². The average Bonchev–Trinajstić information content (AvgIpc) is 3.58. The molecule has 1 fully saturated rings. The van der Waals surface area contributed by atoms with Gasteiger partial charge in [-0.2, -0.15) is 5.10 Å². The van der Waals surface area contributed by atoms with Gasteiger partial charge in [0.1, 0.15) is 11.3 Å². The summed E-state index contributed by atoms with van der Waals surface area (Å²) in [6.07, 6.45) is 1.02. The molecule has 1 atom stereocenters. The number of fused-ring (bicyclic) bond motifs is 1. The molecular weight excluding hydrogens is 412 g/mol. The van der Waals surface area contributed by atoms with Crippen LogP contribution < -0.4 is 0 Å². The van der Waals surface area contributed by atoms with Crippen LogP contribution >= 0.6 is 0 Å². The zero-order chi connectivity index (χ0) is 22.9. The van der Waals surface area contributed by atoms with Crippen LogP contribution in [-0.2, 0) is 7.05 Å². The number of furan rings is 1. The fourth-order valence-corrected chi connectivity index (χ4v) is 4.92. The molecule has 170 valence electrons. The van der Waals surface area contributed by atoms with Crippen LogP contribution in [0.15, 0.2) is 65.1 Å². The second-order valence-electron chi connectivity index (χ2n) is 8.68. The predicted molar refractivity (Wildman–Crippen MR) is 131 cm³/mol. The van der Waals surface area contributed by atoms with Gasteiger partial charge in [-0.25, -0.2) is 0 Å². The topological polar surface area (TPSA) is 54.5 Å². The number of hydrogen-bond donors (Lipinski definition) is 0. The number of carbonyl (C=O) groups is 1. The maximum absolute atomic E-state index is 13.2. The van der Waals surface area contributed by atoms with E-state index >= 15 is 0 Å². The Labute approximate surface area is 194 Å². The van der Waals surface area contributed by atoms with Gasteiger partial charge < -0.3 is 9.32 Å². The highest BCUT2D eigenvalue weighted by Crippen LogP contribution is 2.31. The van der Waals surface area contributed by atoms with Crippen LogP contribution in [0.25, 0.3) is 33.6 Å². The SMILES string of the molecule is CCN(CC)C1CCN(C(=O)c2cc(-c3cccc(-c4cc5ccccc5o4)c3)n(C)n2)C1. The lowest BCUT2D eigenvalue weighted by atomic mass is 10.1. The van der Waals surface area contributed by atoms with E-state index in [1.54, 1.807) is 4.68 Å². The van der Waals surface area contributed by atoms with Gasteiger partial charge in [-0.05, 0) is 43.8 Å². The Kier molecular flexibility index (Phi) is 5.77. The first kappa shape index (κ1) is 21.5. The summed E-state index contributed by atoms with van der Waals surface area (Å²) in [4.78, 5) is 17.6. The van der Waals surface area contributed by atoms with Crippen LogP contribution in [0.2, 0.25) is 0 Å². The van der Waals surface area contributed by atoms with Crippen LogP contribution in [-0.4, -0.2) is 57.7 Å². The van der Waals surface area contributed by atoms with Crippen molar-refractivity contribution in [2.45, 2.75) is 26.3 Å². The summed E-state index contributed by atoms with van der Waals surface area (Å²) < 4.78 is 7.84. The van der Waals surface area contributed by atoms with Crippen LogP contribution in [0.3, 0.4) is 0 Å². The average molecular weight is 443 g/mol. The van der Waals surface area contributed by atoms with Gasteiger partial charge in [0.15, 0.2) is 5.69 Å². The standard InChI is InChI=1S/C27H30N4O2/c1-4-30(5-2)22-13-14-31(18-22)27(32)23-17-24(29(3)28-23)19-10-8-11-20(15-19)26-16-21-9-6-7-12-25(21)33-26/h6-12,15-17,22H,4-5,13-14,18H2,1-3H3. The van der Waals surface area contributed by atoms with Crippen LogP contribution in [0.4, 0.5) is 0 Å². The molecule has 6 heteroatoms. The fraction of sp³-hybridized carbons (Fsp3) is 0.333. The number of nitrogens with zero attached hydrogens (tertiary/aromatic N) is 4. The fourth-order valence-electron chi connectivity index (χ4n) is 4.92. The summed E-state index contributed by atoms with van der Waals surface area (Å²) in [5.41, 5.74) is 4.29. The van der Waals surface area contributed by atoms with Crippen molar-refractivity contribution in [2.75, 3.05) is 26.2 Å². The summed E-state index contributed by atoms with van der Waals surface area (Å²) in [6.45, 7) is 7.94. The van der Waals surface area contributed by atoms with E-state index in [0.29, 0.717) is 11.7 Å². The number of para-hydroxylation sites is 1. The number of rotatable bonds is 6. The largest absolute Gasteiger partial charge is 0.456 e. The third-order valence-corrected chi connectivity index (χ3v) is 6.75. The molecule has 1 amide bonds. The molecule has 6 nitrogen and oxygen atoms in total. The van der Waals surface area contributed by atoms with Gasteiger partial charge in [-0.15, -0.1) is 0 Å². The number of aromatic nitrogens is 2. The molecule has 0 bridgehead atoms. The zero-order valence-corrected chi connectivity index (χ0v) is 19.5. The third-order valence-electron chi connectivity index (χ3n) is 6.75. The molecule has 0 aliphatic carbocycles. The lowest BCUT2D eigenvalue weighted by molar-refractivity contribution is 0.0771. The van der Waals surface area contributed by atoms with E-state index in [9.17, 15) is 4.79 Å². The Balaban J connectivity index is 1.39. The summed E-state index contributed by atoms with van der Waals surface area (Å²) in [7, 11) is 1.89. The smallest absolute Gasteiger partial charge is 0.274 e. The molecule has 4 aromatic rings. The number of aryl methyl sites for hydroxylation is 1. The lowest BCUT2D eigenvalue weighted by Crippen LogP contribution is -2.38. The Hall–Kier alpha value is -3.38. The van der Waals surface area contributed by atoms with Crippen molar-refractivity contribution in [3.63, 3.8) is 0 Å². The molecule has 0 saturated carbocycles. The number of likely N-dealkylation sites (tertiary alicyclic amines) is 1. The first-order chi connectivity index (χ1) is 16.1. The number of amides is 1. The number of hydrogen-bond acceptors (Lipinski definition) is 4. The van der Waals surface area contributed by atoms with Crippen molar-refractivity contribution < 1.29 is 9.21 Å². The summed E-state index contributed by atoms with van der Waals surface area (Å²) in [6, 6.07) is 20.6. The van der Waals surface area contributed by atoms with Crippen LogP contribution in [0, 0.1) is 0 Å². The van der Waals surface area contributed by atoms with Gasteiger partial charge in [0.05, 0.1) is 5.69 Å². The number of likely N-dealkylation sites (N-methyl/N-ethyl adjacent to an activating group) is 1. The predicted octanol–water partition coefficient (Wildman–Crippen LogP) is 5.06. The van der Waals surface area contributed by atoms with E-state index < -0.39 is 0 Å². The minimum Gasteiger partial charge on any atom is -0.456 e. The molecule has 3 heterocycles. The van der Waals surface area contributed by atoms with Crippen molar-refractivity contribution >= 4 is 16.9 Å². The van der Waals surface area contributed by atoms with Gasteiger partial charge >= 0.3 is 0 Å². The van der Waals surface area contributed by atoms with Gasteiger partial charge in [-0.1, -0.05) is 50.2 Å². The monoisotopic (exact) mass is 442 g/mol. The molecule has 1 saturated heterocycles. The maximum Gasteiger partial charge on any atom is 0.274 e. The van der Waals surface area contributed by atoms with Gasteiger partial charge in [0.25, 0.3) is 5.91 Å². The molecular formula is C27H30N4O2. The molecule has 0 spiro atoms. The second-order valence-corrected chi connectivity index (χ2v) is 8.68. The quantitative estimate of drug-likeness (QED) is 0.419. The third kappa shape index (κ3) is 4.07. The van der Waals surface area contributed by atoms with E-state index in [-0.39, 0.29) is 5.91 Å². The van der Waals surface area contributed by atoms with E-state index in [4.69, 9.17) is 4.42 Å². The molecule has 0 N–H and O–H groups in total. The molecule has 1 unspecified atom stereocenters. The van der Waals surface area contributed by atoms with Crippen LogP contribution in [0.1, 0.15) is 30.8 Å². The summed E-state index contributed by atoms with van der Waals surface area (Å²) in [5.74, 6) is 0.843. The molecule has 5 rings (SSSR count). The first-order valence-electron chi connectivity index (χ1n) is 11.7. The molecule has 0 radical (unpaired) electrons. The van der Waals surface area contributed by atoms with Gasteiger partial charge in [0, 0.05) is 42.7 Å². The minimum atomic E-state index is 0.0138. The number of carbonyl (C=O) groups excluding carboxylic acids is 1.